The third kappa shape index (κ3) is 11.4. The zero-order valence-electron chi connectivity index (χ0n) is 5.16. The molecule has 0 saturated carbocycles. The van der Waals surface area contributed by atoms with E-state index in [1.807, 2.05) is 6.92 Å². The summed E-state index contributed by atoms with van der Waals surface area (Å²) in [4.78, 5) is 9.75. The fourth-order valence-corrected chi connectivity index (χ4v) is 0.249. The third-order valence-corrected chi connectivity index (χ3v) is 0.542. The van der Waals surface area contributed by atoms with Gasteiger partial charge in [-0.3, -0.25) is 0 Å². The maximum Gasteiger partial charge on any atom is 0.328 e. The Morgan fingerprint density at radius 2 is 2.00 bits per heavy atom. The van der Waals surface area contributed by atoms with E-state index in [1.54, 1.807) is 12.2 Å². The first kappa shape index (κ1) is 11.6. The Labute approximate surface area is 73.4 Å². The van der Waals surface area contributed by atoms with Crippen molar-refractivity contribution < 1.29 is 36.1 Å². The maximum atomic E-state index is 9.75. The average Bonchev–Trinajstić information content (AvgIpc) is 1.66. The molecule has 0 aliphatic carbocycles. The summed E-state index contributed by atoms with van der Waals surface area (Å²) in [5.74, 6) is -0.914. The van der Waals surface area contributed by atoms with Crippen LogP contribution in [0.1, 0.15) is 6.92 Å². The topological polar surface area (TPSA) is 37.3 Å². The van der Waals surface area contributed by atoms with E-state index in [-0.39, 0.29) is 26.2 Å². The monoisotopic (exact) mass is 202 g/mol. The summed E-state index contributed by atoms with van der Waals surface area (Å²) >= 11 is 0. The quantitative estimate of drug-likeness (QED) is 0.541. The van der Waals surface area contributed by atoms with Gasteiger partial charge in [0.15, 0.2) is 0 Å². The van der Waals surface area contributed by atoms with Gasteiger partial charge in [0.2, 0.25) is 0 Å². The molecule has 0 heterocycles. The molecule has 0 bridgehead atoms. The molecule has 3 heteroatoms. The summed E-state index contributed by atoms with van der Waals surface area (Å²) < 4.78 is 0. The van der Waals surface area contributed by atoms with Gasteiger partial charge in [-0.15, -0.1) is 0 Å². The van der Waals surface area contributed by atoms with E-state index in [2.05, 4.69) is 0 Å². The second kappa shape index (κ2) is 7.83. The van der Waals surface area contributed by atoms with E-state index in [4.69, 9.17) is 5.11 Å². The SMILES string of the molecule is C/C=C/C=C/C(=O)O.[Zr]. The normalized spacial score (nSPS) is 9.89. The van der Waals surface area contributed by atoms with Gasteiger partial charge >= 0.3 is 5.97 Å². The van der Waals surface area contributed by atoms with Gasteiger partial charge in [0.25, 0.3) is 0 Å². The van der Waals surface area contributed by atoms with Gasteiger partial charge < -0.3 is 5.11 Å². The van der Waals surface area contributed by atoms with Gasteiger partial charge in [-0.2, -0.15) is 0 Å². The van der Waals surface area contributed by atoms with Crippen molar-refractivity contribution in [2.24, 2.45) is 0 Å². The molecule has 0 unspecified atom stereocenters. The molecule has 1 N–H and O–H groups in total. The van der Waals surface area contributed by atoms with Gasteiger partial charge in [0.1, 0.15) is 0 Å². The van der Waals surface area contributed by atoms with Gasteiger partial charge in [-0.25, -0.2) is 4.79 Å². The minimum absolute atomic E-state index is 0. The van der Waals surface area contributed by atoms with Crippen LogP contribution in [-0.2, 0) is 31.0 Å². The predicted molar refractivity (Wildman–Crippen MR) is 31.6 cm³/mol. The number of allylic oxidation sites excluding steroid dienone is 3. The molecule has 0 aromatic carbocycles. The summed E-state index contributed by atoms with van der Waals surface area (Å²) in [6.07, 6.45) is 5.98. The second-order valence-corrected chi connectivity index (χ2v) is 1.22. The van der Waals surface area contributed by atoms with Crippen LogP contribution in [0.2, 0.25) is 0 Å². The molecule has 0 fully saturated rings. The molecule has 9 heavy (non-hydrogen) atoms. The van der Waals surface area contributed by atoms with Crippen LogP contribution in [0, 0.1) is 0 Å². The van der Waals surface area contributed by atoms with Crippen molar-refractivity contribution in [3.8, 4) is 0 Å². The Bertz CT molecular complexity index is 127. The number of carbonyl (C=O) groups is 1. The fraction of sp³-hybridized carbons (Fsp3) is 0.167. The van der Waals surface area contributed by atoms with Crippen LogP contribution >= 0.6 is 0 Å². The Hall–Kier alpha value is -0.167. The van der Waals surface area contributed by atoms with E-state index in [1.165, 1.54) is 6.08 Å². The minimum Gasteiger partial charge on any atom is -0.478 e. The van der Waals surface area contributed by atoms with Crippen molar-refractivity contribution in [3.05, 3.63) is 24.3 Å². The number of rotatable bonds is 2. The van der Waals surface area contributed by atoms with Crippen LogP contribution in [0.25, 0.3) is 0 Å². The van der Waals surface area contributed by atoms with Crippen molar-refractivity contribution in [3.63, 3.8) is 0 Å². The van der Waals surface area contributed by atoms with Crippen LogP contribution in [0.4, 0.5) is 0 Å². The Kier molecular flexibility index (Phi) is 10.1. The summed E-state index contributed by atoms with van der Waals surface area (Å²) in [7, 11) is 0. The molecule has 2 nitrogen and oxygen atoms in total. The molecular weight excluding hydrogens is 195 g/mol. The molecule has 0 radical (unpaired) electrons. The largest absolute Gasteiger partial charge is 0.478 e. The van der Waals surface area contributed by atoms with Crippen LogP contribution < -0.4 is 0 Å². The molecule has 0 aromatic rings. The maximum absolute atomic E-state index is 9.75. The third-order valence-electron chi connectivity index (χ3n) is 0.542. The number of hydrogen-bond donors (Lipinski definition) is 1. The van der Waals surface area contributed by atoms with E-state index in [9.17, 15) is 4.79 Å². The molecular formula is C6H8O2Zr. The number of hydrogen-bond acceptors (Lipinski definition) is 1. The Morgan fingerprint density at radius 3 is 2.33 bits per heavy atom. The van der Waals surface area contributed by atoms with Crippen LogP contribution in [-0.4, -0.2) is 11.1 Å². The molecule has 0 amide bonds. The Balaban J connectivity index is 0. The van der Waals surface area contributed by atoms with Crippen molar-refractivity contribution in [2.45, 2.75) is 6.92 Å². The van der Waals surface area contributed by atoms with Crippen molar-refractivity contribution in [2.75, 3.05) is 0 Å². The fourth-order valence-electron chi connectivity index (χ4n) is 0.249. The molecule has 0 aliphatic heterocycles. The van der Waals surface area contributed by atoms with Crippen LogP contribution in [0.3, 0.4) is 0 Å². The molecule has 0 atom stereocenters. The Morgan fingerprint density at radius 1 is 1.44 bits per heavy atom. The number of aliphatic carboxylic acids is 1. The van der Waals surface area contributed by atoms with Gasteiger partial charge in [-0.1, -0.05) is 18.2 Å². The second-order valence-electron chi connectivity index (χ2n) is 1.22. The number of carboxylic acids is 1. The minimum atomic E-state index is -0.914. The predicted octanol–water partition coefficient (Wildman–Crippen LogP) is 1.20. The smallest absolute Gasteiger partial charge is 0.328 e. The van der Waals surface area contributed by atoms with Crippen molar-refractivity contribution in [1.29, 1.82) is 0 Å². The first-order valence-electron chi connectivity index (χ1n) is 2.29. The van der Waals surface area contributed by atoms with Gasteiger partial charge in [-0.05, 0) is 6.92 Å². The standard InChI is InChI=1S/C6H8O2.Zr/c1-2-3-4-5-6(7)8;/h2-5H,1H3,(H,7,8);/b3-2+,5-4+;. The van der Waals surface area contributed by atoms with E-state index >= 15 is 0 Å². The first-order chi connectivity index (χ1) is 3.77. The van der Waals surface area contributed by atoms with Gasteiger partial charge in [0, 0.05) is 32.3 Å². The molecule has 0 aliphatic rings. The van der Waals surface area contributed by atoms with Crippen LogP contribution in [0.5, 0.6) is 0 Å². The van der Waals surface area contributed by atoms with Gasteiger partial charge in [0.05, 0.1) is 0 Å². The van der Waals surface area contributed by atoms with E-state index < -0.39 is 5.97 Å². The molecule has 48 valence electrons. The van der Waals surface area contributed by atoms with Crippen LogP contribution in [0.15, 0.2) is 24.3 Å². The van der Waals surface area contributed by atoms with Crippen molar-refractivity contribution in [1.82, 2.24) is 0 Å². The first-order valence-corrected chi connectivity index (χ1v) is 2.29. The molecule has 0 rings (SSSR count). The molecule has 0 saturated heterocycles. The molecule has 0 spiro atoms. The zero-order chi connectivity index (χ0) is 6.41. The average molecular weight is 203 g/mol. The van der Waals surface area contributed by atoms with Crippen molar-refractivity contribution >= 4 is 5.97 Å². The summed E-state index contributed by atoms with van der Waals surface area (Å²) in [6, 6.07) is 0. The summed E-state index contributed by atoms with van der Waals surface area (Å²) in [5.41, 5.74) is 0. The summed E-state index contributed by atoms with van der Waals surface area (Å²) in [6.45, 7) is 1.83. The van der Waals surface area contributed by atoms with E-state index in [0.717, 1.165) is 6.08 Å². The van der Waals surface area contributed by atoms with E-state index in [0.29, 0.717) is 0 Å². The molecule has 0 aromatic heterocycles. The number of carboxylic acid groups (broad SMARTS) is 1. The summed E-state index contributed by atoms with van der Waals surface area (Å²) in [5, 5.41) is 8.02. The zero-order valence-corrected chi connectivity index (χ0v) is 7.62.